The topological polar surface area (TPSA) is 127 Å². The molecule has 0 heterocycles. The Kier molecular flexibility index (Phi) is 5.42. The Hall–Kier alpha value is 0.857. The summed E-state index contributed by atoms with van der Waals surface area (Å²) in [4.78, 5) is 32.6. The molecule has 10 heteroatoms. The molecule has 3 N–H and O–H groups in total. The Labute approximate surface area is 68.1 Å². The molecular weight excluding hydrogens is 181 g/mol. The van der Waals surface area contributed by atoms with Crippen LogP contribution in [0.2, 0.25) is 0 Å². The summed E-state index contributed by atoms with van der Waals surface area (Å²) in [5, 5.41) is 0. The monoisotopic (exact) mass is 184 g/mol. The second-order valence-corrected chi connectivity index (χ2v) is 3.61. The van der Waals surface area contributed by atoms with E-state index in [1.54, 1.807) is 0 Å². The predicted molar refractivity (Wildman–Crippen MR) is 23.0 cm³/mol. The van der Waals surface area contributed by atoms with Crippen LogP contribution in [0.3, 0.4) is 0 Å². The molecule has 7 nitrogen and oxygen atoms in total. The molecule has 0 aromatic carbocycles. The van der Waals surface area contributed by atoms with E-state index in [0.717, 1.165) is 0 Å². The van der Waals surface area contributed by atoms with Gasteiger partial charge in [-0.25, -0.2) is 8.88 Å². The van der Waals surface area contributed by atoms with Gasteiger partial charge in [0.25, 0.3) is 7.82 Å². The van der Waals surface area contributed by atoms with Crippen LogP contribution in [0.5, 0.6) is 0 Å². The third kappa shape index (κ3) is 11.6. The molecule has 0 saturated carbocycles. The van der Waals surface area contributed by atoms with Gasteiger partial charge in [0.15, 0.2) is 0 Å². The molecule has 0 aromatic rings. The molecule has 0 spiro atoms. The molecule has 0 aliphatic carbocycles. The van der Waals surface area contributed by atoms with Gasteiger partial charge in [-0.3, -0.25) is 4.57 Å². The minimum atomic E-state index is -5.30. The van der Waals surface area contributed by atoms with Gasteiger partial charge in [0, 0.05) is 0 Å². The van der Waals surface area contributed by atoms with Gasteiger partial charge >= 0.3 is 26.7 Å². The number of phosphoric acid groups is 2. The molecule has 0 saturated heterocycles. The second kappa shape index (κ2) is 4.03. The molecule has 10 heavy (non-hydrogen) atoms. The van der Waals surface area contributed by atoms with Crippen molar-refractivity contribution in [2.24, 2.45) is 0 Å². The zero-order valence-corrected chi connectivity index (χ0v) is 6.66. The Balaban J connectivity index is 0. The van der Waals surface area contributed by atoms with E-state index in [9.17, 15) is 14.0 Å². The summed E-state index contributed by atoms with van der Waals surface area (Å²) in [5.41, 5.74) is 0. The molecule has 56 valence electrons. The Bertz CT molecular complexity index is 152. The SMILES string of the molecule is O=P([O-])(O)OP(=O)(O)O.[Li+]. The quantitative estimate of drug-likeness (QED) is 0.291. The zero-order chi connectivity index (χ0) is 7.71. The van der Waals surface area contributed by atoms with Gasteiger partial charge < -0.3 is 19.6 Å². The van der Waals surface area contributed by atoms with Gasteiger partial charge in [-0.1, -0.05) is 0 Å². The molecule has 0 bridgehead atoms. The van der Waals surface area contributed by atoms with E-state index in [2.05, 4.69) is 4.31 Å². The standard InChI is InChI=1S/Li.H4O7P2/c;1-8(2,3)7-9(4,5)6/h;(H2,1,2,3)(H2,4,5,6)/q+1;/p-1. The summed E-state index contributed by atoms with van der Waals surface area (Å²) >= 11 is 0. The van der Waals surface area contributed by atoms with E-state index in [1.807, 2.05) is 0 Å². The molecule has 0 rings (SSSR count). The Morgan fingerprint density at radius 2 is 1.50 bits per heavy atom. The summed E-state index contributed by atoms with van der Waals surface area (Å²) < 4.78 is 21.9. The van der Waals surface area contributed by atoms with Crippen LogP contribution < -0.4 is 23.8 Å². The van der Waals surface area contributed by atoms with Crippen LogP contribution in [0.4, 0.5) is 0 Å². The molecule has 0 aliphatic rings. The van der Waals surface area contributed by atoms with E-state index < -0.39 is 15.6 Å². The first-order chi connectivity index (χ1) is 3.71. The van der Waals surface area contributed by atoms with E-state index in [-0.39, 0.29) is 18.9 Å². The molecule has 1 unspecified atom stereocenters. The van der Waals surface area contributed by atoms with Crippen LogP contribution in [0.25, 0.3) is 0 Å². The molecule has 0 amide bonds. The maximum atomic E-state index is 9.59. The summed E-state index contributed by atoms with van der Waals surface area (Å²) in [6.07, 6.45) is 0. The summed E-state index contributed by atoms with van der Waals surface area (Å²) in [6.45, 7) is 0. The van der Waals surface area contributed by atoms with Crippen molar-refractivity contribution in [3.63, 3.8) is 0 Å². The van der Waals surface area contributed by atoms with Gasteiger partial charge in [0.05, 0.1) is 0 Å². The Morgan fingerprint density at radius 3 is 1.50 bits per heavy atom. The molecule has 0 aliphatic heterocycles. The van der Waals surface area contributed by atoms with Crippen LogP contribution >= 0.6 is 15.6 Å². The van der Waals surface area contributed by atoms with Crippen LogP contribution in [-0.2, 0) is 13.4 Å². The first-order valence-electron chi connectivity index (χ1n) is 1.51. The van der Waals surface area contributed by atoms with Gasteiger partial charge in [-0.05, 0) is 0 Å². The number of hydrogen-bond acceptors (Lipinski definition) is 4. The fourth-order valence-corrected chi connectivity index (χ4v) is 1.21. The van der Waals surface area contributed by atoms with Gasteiger partial charge in [0.2, 0.25) is 0 Å². The van der Waals surface area contributed by atoms with E-state index in [4.69, 9.17) is 14.7 Å². The van der Waals surface area contributed by atoms with Crippen molar-refractivity contribution >= 4 is 15.6 Å². The summed E-state index contributed by atoms with van der Waals surface area (Å²) in [7, 11) is -10.4. The third-order valence-electron chi connectivity index (χ3n) is 0.210. The average molecular weight is 184 g/mol. The van der Waals surface area contributed by atoms with Gasteiger partial charge in [0.1, 0.15) is 0 Å². The number of hydrogen-bond donors (Lipinski definition) is 3. The first kappa shape index (κ1) is 13.4. The van der Waals surface area contributed by atoms with Crippen LogP contribution in [-0.4, -0.2) is 14.7 Å². The van der Waals surface area contributed by atoms with E-state index in [1.165, 1.54) is 0 Å². The average Bonchev–Trinajstić information content (AvgIpc) is 1.14. The normalized spacial score (nSPS) is 17.2. The fourth-order valence-electron chi connectivity index (χ4n) is 0.134. The van der Waals surface area contributed by atoms with Crippen LogP contribution in [0.15, 0.2) is 0 Å². The van der Waals surface area contributed by atoms with E-state index in [0.29, 0.717) is 0 Å². The molecule has 0 radical (unpaired) electrons. The van der Waals surface area contributed by atoms with Gasteiger partial charge in [-0.2, -0.15) is 0 Å². The third-order valence-corrected chi connectivity index (χ3v) is 1.89. The van der Waals surface area contributed by atoms with Crippen molar-refractivity contribution < 1.29 is 51.9 Å². The van der Waals surface area contributed by atoms with Crippen molar-refractivity contribution in [2.45, 2.75) is 0 Å². The maximum Gasteiger partial charge on any atom is 1.00 e. The van der Waals surface area contributed by atoms with Crippen LogP contribution in [0, 0.1) is 0 Å². The molecule has 0 aromatic heterocycles. The fraction of sp³-hybridized carbons (Fsp3) is 0. The second-order valence-electron chi connectivity index (χ2n) is 1.04. The van der Waals surface area contributed by atoms with Crippen molar-refractivity contribution in [1.29, 1.82) is 0 Å². The minimum absolute atomic E-state index is 0. The predicted octanol–water partition coefficient (Wildman–Crippen LogP) is -4.44. The van der Waals surface area contributed by atoms with Gasteiger partial charge in [-0.15, -0.1) is 0 Å². The molecular formula is H3LiO7P2. The van der Waals surface area contributed by atoms with Crippen molar-refractivity contribution in [3.8, 4) is 0 Å². The van der Waals surface area contributed by atoms with Crippen molar-refractivity contribution in [3.05, 3.63) is 0 Å². The maximum absolute atomic E-state index is 9.59. The van der Waals surface area contributed by atoms with Crippen molar-refractivity contribution in [1.82, 2.24) is 0 Å². The summed E-state index contributed by atoms with van der Waals surface area (Å²) in [5.74, 6) is 0. The smallest absolute Gasteiger partial charge is 0.756 e. The summed E-state index contributed by atoms with van der Waals surface area (Å²) in [6, 6.07) is 0. The Morgan fingerprint density at radius 1 is 1.20 bits per heavy atom. The molecule has 0 fully saturated rings. The largest absolute Gasteiger partial charge is 1.00 e. The number of rotatable bonds is 2. The first-order valence-corrected chi connectivity index (χ1v) is 4.54. The van der Waals surface area contributed by atoms with E-state index >= 15 is 0 Å². The van der Waals surface area contributed by atoms with Crippen LogP contribution in [0.1, 0.15) is 0 Å². The van der Waals surface area contributed by atoms with Crippen molar-refractivity contribution in [2.75, 3.05) is 0 Å². The molecule has 1 atom stereocenters. The zero-order valence-electron chi connectivity index (χ0n) is 4.87. The minimum Gasteiger partial charge on any atom is -0.756 e.